The van der Waals surface area contributed by atoms with Gasteiger partial charge in [0.15, 0.2) is 0 Å². The van der Waals surface area contributed by atoms with Crippen LogP contribution in [0.15, 0.2) is 30.3 Å². The summed E-state index contributed by atoms with van der Waals surface area (Å²) in [6, 6.07) is 8.78. The van der Waals surface area contributed by atoms with E-state index >= 15 is 0 Å². The van der Waals surface area contributed by atoms with Crippen molar-refractivity contribution in [1.29, 1.82) is 0 Å². The smallest absolute Gasteiger partial charge is 0.277 e. The average Bonchev–Trinajstić information content (AvgIpc) is 2.94. The molecule has 6 nitrogen and oxygen atoms in total. The van der Waals surface area contributed by atoms with Gasteiger partial charge in [-0.05, 0) is 23.6 Å². The number of aromatic nitrogens is 1. The van der Waals surface area contributed by atoms with Crippen molar-refractivity contribution in [3.8, 4) is 11.1 Å². The fraction of sp³-hybridized carbons (Fsp3) is 0.267. The van der Waals surface area contributed by atoms with E-state index < -0.39 is 0 Å². The third-order valence-corrected chi connectivity index (χ3v) is 3.60. The van der Waals surface area contributed by atoms with Gasteiger partial charge in [-0.2, -0.15) is 0 Å². The van der Waals surface area contributed by atoms with E-state index in [1.807, 2.05) is 12.1 Å². The summed E-state index contributed by atoms with van der Waals surface area (Å²) < 4.78 is 0. The van der Waals surface area contributed by atoms with Crippen molar-refractivity contribution in [3.05, 3.63) is 51.7 Å². The normalized spacial score (nSPS) is 13.1. The Morgan fingerprint density at radius 3 is 2.76 bits per heavy atom. The first kappa shape index (κ1) is 13.5. The Hall–Kier alpha value is -2.47. The number of benzene rings is 1. The highest BCUT2D eigenvalue weighted by atomic mass is 16.6. The molecule has 0 saturated heterocycles. The van der Waals surface area contributed by atoms with Crippen molar-refractivity contribution in [1.82, 2.24) is 10.4 Å². The molecule has 0 unspecified atom stereocenters. The number of nitrogens with one attached hydrogen (secondary N) is 2. The summed E-state index contributed by atoms with van der Waals surface area (Å²) in [5.74, 6) is 1.01. The number of anilines is 1. The molecule has 0 saturated carbocycles. The van der Waals surface area contributed by atoms with Crippen LogP contribution >= 0.6 is 0 Å². The molecule has 0 spiro atoms. The topological polar surface area (TPSA) is 80.1 Å². The van der Waals surface area contributed by atoms with Crippen LogP contribution in [0.1, 0.15) is 31.0 Å². The fourth-order valence-corrected chi connectivity index (χ4v) is 2.49. The summed E-state index contributed by atoms with van der Waals surface area (Å²) in [5.41, 5.74) is 9.55. The van der Waals surface area contributed by atoms with Crippen LogP contribution in [0.3, 0.4) is 0 Å². The van der Waals surface area contributed by atoms with Crippen LogP contribution in [0.4, 0.5) is 11.5 Å². The van der Waals surface area contributed by atoms with E-state index in [-0.39, 0.29) is 16.5 Å². The largest absolute Gasteiger partial charge is 0.305 e. The van der Waals surface area contributed by atoms with Crippen molar-refractivity contribution < 1.29 is 4.92 Å². The Morgan fingerprint density at radius 2 is 2.05 bits per heavy atom. The zero-order valence-electron chi connectivity index (χ0n) is 11.9. The van der Waals surface area contributed by atoms with Crippen molar-refractivity contribution in [3.63, 3.8) is 0 Å². The zero-order valence-corrected chi connectivity index (χ0v) is 11.9. The van der Waals surface area contributed by atoms with Crippen molar-refractivity contribution in [2.45, 2.75) is 26.3 Å². The Kier molecular flexibility index (Phi) is 3.31. The van der Waals surface area contributed by atoms with E-state index in [2.05, 4.69) is 29.7 Å². The van der Waals surface area contributed by atoms with E-state index in [0.717, 1.165) is 22.6 Å². The minimum Gasteiger partial charge on any atom is -0.305 e. The second-order valence-corrected chi connectivity index (χ2v) is 5.33. The third kappa shape index (κ3) is 2.34. The van der Waals surface area contributed by atoms with Gasteiger partial charge in [-0.1, -0.05) is 26.0 Å². The minimum atomic E-state index is -0.340. The molecule has 2 aromatic rings. The number of nitro benzene ring substituents is 1. The van der Waals surface area contributed by atoms with Gasteiger partial charge in [-0.15, -0.1) is 0 Å². The van der Waals surface area contributed by atoms with Crippen LogP contribution in [-0.2, 0) is 6.54 Å². The highest BCUT2D eigenvalue weighted by Gasteiger charge is 2.23. The number of rotatable bonds is 3. The third-order valence-electron chi connectivity index (χ3n) is 3.60. The maximum atomic E-state index is 11.3. The molecule has 0 amide bonds. The molecule has 0 radical (unpaired) electrons. The van der Waals surface area contributed by atoms with Gasteiger partial charge < -0.3 is 5.43 Å². The van der Waals surface area contributed by atoms with Gasteiger partial charge in [0.05, 0.1) is 10.5 Å². The lowest BCUT2D eigenvalue weighted by atomic mass is 9.96. The molecule has 0 bridgehead atoms. The lowest BCUT2D eigenvalue weighted by molar-refractivity contribution is -0.384. The van der Waals surface area contributed by atoms with Gasteiger partial charge >= 0.3 is 0 Å². The molecule has 1 aliphatic heterocycles. The molecule has 1 aromatic carbocycles. The lowest BCUT2D eigenvalue weighted by Gasteiger charge is -2.12. The average molecular weight is 284 g/mol. The number of fused-ring (bicyclic) bond motifs is 1. The van der Waals surface area contributed by atoms with E-state index in [9.17, 15) is 10.1 Å². The summed E-state index contributed by atoms with van der Waals surface area (Å²) >= 11 is 0. The number of hydrogen-bond donors (Lipinski definition) is 2. The van der Waals surface area contributed by atoms with Crippen molar-refractivity contribution in [2.24, 2.45) is 0 Å². The summed E-state index contributed by atoms with van der Waals surface area (Å²) in [4.78, 5) is 15.5. The van der Waals surface area contributed by atoms with Gasteiger partial charge in [0.1, 0.15) is 5.82 Å². The van der Waals surface area contributed by atoms with Gasteiger partial charge in [0, 0.05) is 23.9 Å². The van der Waals surface area contributed by atoms with E-state index in [1.54, 1.807) is 12.1 Å². The molecule has 2 heterocycles. The highest BCUT2D eigenvalue weighted by molar-refractivity contribution is 5.80. The van der Waals surface area contributed by atoms with Gasteiger partial charge in [0.25, 0.3) is 5.69 Å². The second kappa shape index (κ2) is 5.14. The van der Waals surface area contributed by atoms with E-state index in [1.165, 1.54) is 6.07 Å². The molecule has 6 heteroatoms. The van der Waals surface area contributed by atoms with Crippen LogP contribution in [0, 0.1) is 10.1 Å². The molecule has 1 aliphatic rings. The molecule has 21 heavy (non-hydrogen) atoms. The van der Waals surface area contributed by atoms with Gasteiger partial charge in [0.2, 0.25) is 0 Å². The van der Waals surface area contributed by atoms with E-state index in [4.69, 9.17) is 0 Å². The Bertz CT molecular complexity index is 713. The maximum absolute atomic E-state index is 11.3. The molecule has 1 aromatic heterocycles. The molecule has 108 valence electrons. The predicted octanol–water partition coefficient (Wildman–Crippen LogP) is 3.21. The summed E-state index contributed by atoms with van der Waals surface area (Å²) in [6.45, 7) is 4.71. The zero-order chi connectivity index (χ0) is 15.0. The number of nitrogens with zero attached hydrogens (tertiary/aromatic N) is 2. The number of pyridine rings is 1. The summed E-state index contributed by atoms with van der Waals surface area (Å²) in [6.07, 6.45) is 0. The predicted molar refractivity (Wildman–Crippen MR) is 80.9 cm³/mol. The first-order valence-electron chi connectivity index (χ1n) is 6.84. The maximum Gasteiger partial charge on any atom is 0.277 e. The quantitative estimate of drug-likeness (QED) is 0.668. The van der Waals surface area contributed by atoms with Crippen LogP contribution < -0.4 is 10.9 Å². The minimum absolute atomic E-state index is 0.118. The molecule has 0 fully saturated rings. The summed E-state index contributed by atoms with van der Waals surface area (Å²) in [7, 11) is 0. The lowest BCUT2D eigenvalue weighted by Crippen LogP contribution is -2.11. The molecule has 3 rings (SSSR count). The second-order valence-electron chi connectivity index (χ2n) is 5.33. The van der Waals surface area contributed by atoms with Crippen LogP contribution in [-0.4, -0.2) is 9.91 Å². The monoisotopic (exact) mass is 284 g/mol. The first-order chi connectivity index (χ1) is 10.1. The number of para-hydroxylation sites is 1. The fourth-order valence-electron chi connectivity index (χ4n) is 2.49. The Labute approximate surface area is 122 Å². The SMILES string of the molecule is CC(C)c1cc(-c2ccccc2[N+](=O)[O-])c2c(n1)NNC2. The molecule has 2 N–H and O–H groups in total. The number of nitro groups is 1. The first-order valence-corrected chi connectivity index (χ1v) is 6.84. The standard InChI is InChI=1S/C15H16N4O2/c1-9(2)13-7-11(12-8-16-18-15(12)17-13)10-5-3-4-6-14(10)19(20)21/h3-7,9,16H,8H2,1-2H3,(H,17,18). The Balaban J connectivity index is 2.25. The van der Waals surface area contributed by atoms with Crippen LogP contribution in [0.2, 0.25) is 0 Å². The van der Waals surface area contributed by atoms with Gasteiger partial charge in [-0.25, -0.2) is 10.4 Å². The molecule has 0 atom stereocenters. The van der Waals surface area contributed by atoms with Crippen molar-refractivity contribution in [2.75, 3.05) is 5.43 Å². The summed E-state index contributed by atoms with van der Waals surface area (Å²) in [5, 5.41) is 11.3. The van der Waals surface area contributed by atoms with Crippen LogP contribution in [0.5, 0.6) is 0 Å². The number of hydrazine groups is 1. The Morgan fingerprint density at radius 1 is 1.29 bits per heavy atom. The molecular formula is C15H16N4O2. The van der Waals surface area contributed by atoms with Crippen molar-refractivity contribution >= 4 is 11.5 Å². The highest BCUT2D eigenvalue weighted by Crippen LogP contribution is 2.37. The van der Waals surface area contributed by atoms with Gasteiger partial charge in [-0.3, -0.25) is 10.1 Å². The molecular weight excluding hydrogens is 268 g/mol. The molecule has 0 aliphatic carbocycles. The van der Waals surface area contributed by atoms with E-state index in [0.29, 0.717) is 12.1 Å². The number of hydrogen-bond acceptors (Lipinski definition) is 5. The van der Waals surface area contributed by atoms with Crippen LogP contribution in [0.25, 0.3) is 11.1 Å².